The lowest BCUT2D eigenvalue weighted by atomic mass is 10.2. The van der Waals surface area contributed by atoms with Crippen molar-refractivity contribution in [2.75, 3.05) is 12.4 Å². The Bertz CT molecular complexity index is 787. The van der Waals surface area contributed by atoms with Crippen LogP contribution in [-0.4, -0.2) is 31.9 Å². The second-order valence-corrected chi connectivity index (χ2v) is 7.33. The van der Waals surface area contributed by atoms with Crippen LogP contribution in [-0.2, 0) is 14.6 Å². The van der Waals surface area contributed by atoms with Crippen molar-refractivity contribution >= 4 is 27.4 Å². The number of sulfone groups is 1. The number of benzene rings is 2. The summed E-state index contributed by atoms with van der Waals surface area (Å²) in [5.41, 5.74) is -0.0136. The molecule has 122 valence electrons. The Morgan fingerprint density at radius 1 is 1.13 bits per heavy atom. The number of phenolic OH excluding ortho intramolecular Hbond substituents is 1. The number of esters is 1. The van der Waals surface area contributed by atoms with Crippen molar-refractivity contribution in [3.05, 3.63) is 59.1 Å². The monoisotopic (exact) mass is 354 g/mol. The summed E-state index contributed by atoms with van der Waals surface area (Å²) in [7, 11) is -3.39. The van der Waals surface area contributed by atoms with Crippen LogP contribution in [0.5, 0.6) is 5.75 Å². The third-order valence-electron chi connectivity index (χ3n) is 3.07. The average Bonchev–Trinajstić information content (AvgIpc) is 2.52. The summed E-state index contributed by atoms with van der Waals surface area (Å²) in [6.07, 6.45) is 0.164. The van der Waals surface area contributed by atoms with E-state index in [2.05, 4.69) is 0 Å². The molecule has 5 nitrogen and oxygen atoms in total. The van der Waals surface area contributed by atoms with E-state index in [0.29, 0.717) is 5.02 Å². The average molecular weight is 355 g/mol. The largest absolute Gasteiger partial charge is 0.507 e. The predicted octanol–water partition coefficient (Wildman–Crippen LogP) is 3.07. The number of carbonyl (C=O) groups excluding carboxylic acids is 1. The van der Waals surface area contributed by atoms with Gasteiger partial charge in [0.1, 0.15) is 11.3 Å². The smallest absolute Gasteiger partial charge is 0.341 e. The molecule has 0 saturated heterocycles. The molecule has 0 aliphatic rings. The Morgan fingerprint density at radius 2 is 1.83 bits per heavy atom. The minimum absolute atomic E-state index is 0.0136. The summed E-state index contributed by atoms with van der Waals surface area (Å²) in [4.78, 5) is 12.0. The minimum Gasteiger partial charge on any atom is -0.507 e. The van der Waals surface area contributed by atoms with E-state index >= 15 is 0 Å². The van der Waals surface area contributed by atoms with Crippen molar-refractivity contribution in [3.8, 4) is 5.75 Å². The minimum atomic E-state index is -3.39. The van der Waals surface area contributed by atoms with E-state index in [-0.39, 0.29) is 35.0 Å². The van der Waals surface area contributed by atoms with Gasteiger partial charge in [0.2, 0.25) is 0 Å². The van der Waals surface area contributed by atoms with Crippen molar-refractivity contribution in [2.45, 2.75) is 11.3 Å². The summed E-state index contributed by atoms with van der Waals surface area (Å²) in [5, 5.41) is 9.91. The van der Waals surface area contributed by atoms with Crippen molar-refractivity contribution in [2.24, 2.45) is 0 Å². The first-order chi connectivity index (χ1) is 10.9. The number of rotatable bonds is 6. The maximum absolute atomic E-state index is 12.0. The van der Waals surface area contributed by atoms with Crippen LogP contribution in [0.15, 0.2) is 53.4 Å². The lowest BCUT2D eigenvalue weighted by Crippen LogP contribution is -2.12. The van der Waals surface area contributed by atoms with Gasteiger partial charge in [-0.2, -0.15) is 0 Å². The SMILES string of the molecule is O=C(OCCCS(=O)(=O)c1ccccc1)c1ccc(Cl)cc1O. The Balaban J connectivity index is 1.87. The van der Waals surface area contributed by atoms with E-state index in [1.54, 1.807) is 18.2 Å². The zero-order valence-corrected chi connectivity index (χ0v) is 13.7. The van der Waals surface area contributed by atoms with Gasteiger partial charge in [0.25, 0.3) is 0 Å². The number of aromatic hydroxyl groups is 1. The molecule has 0 spiro atoms. The third kappa shape index (κ3) is 4.71. The maximum Gasteiger partial charge on any atom is 0.341 e. The van der Waals surface area contributed by atoms with Crippen molar-refractivity contribution < 1.29 is 23.1 Å². The number of ether oxygens (including phenoxy) is 1. The number of halogens is 1. The Labute approximate surface area is 139 Å². The number of hydrogen-bond donors (Lipinski definition) is 1. The summed E-state index contributed by atoms with van der Waals surface area (Å²) < 4.78 is 29.1. The first-order valence-electron chi connectivity index (χ1n) is 6.83. The second kappa shape index (κ2) is 7.48. The quantitative estimate of drug-likeness (QED) is 0.637. The fourth-order valence-corrected chi connectivity index (χ4v) is 3.39. The van der Waals surface area contributed by atoms with E-state index in [1.165, 1.54) is 30.3 Å². The van der Waals surface area contributed by atoms with Gasteiger partial charge in [-0.15, -0.1) is 0 Å². The number of hydrogen-bond acceptors (Lipinski definition) is 5. The zero-order chi connectivity index (χ0) is 16.9. The molecule has 0 aliphatic heterocycles. The molecule has 2 aromatic carbocycles. The van der Waals surface area contributed by atoms with E-state index in [0.717, 1.165) is 0 Å². The van der Waals surface area contributed by atoms with Crippen molar-refractivity contribution in [3.63, 3.8) is 0 Å². The molecule has 0 fully saturated rings. The van der Waals surface area contributed by atoms with Crippen LogP contribution >= 0.6 is 11.6 Å². The molecular formula is C16H15ClO5S. The Hall–Kier alpha value is -2.05. The molecular weight excluding hydrogens is 340 g/mol. The fraction of sp³-hybridized carbons (Fsp3) is 0.188. The number of carbonyl (C=O) groups is 1. The normalized spacial score (nSPS) is 11.2. The molecule has 0 bridgehead atoms. The molecule has 0 radical (unpaired) electrons. The maximum atomic E-state index is 12.0. The molecule has 0 amide bonds. The molecule has 0 atom stereocenters. The van der Waals surface area contributed by atoms with Gasteiger partial charge in [0.15, 0.2) is 9.84 Å². The molecule has 1 N–H and O–H groups in total. The second-order valence-electron chi connectivity index (χ2n) is 4.78. The molecule has 0 unspecified atom stereocenters. The van der Waals surface area contributed by atoms with Crippen molar-refractivity contribution in [1.82, 2.24) is 0 Å². The standard InChI is InChI=1S/C16H15ClO5S/c17-12-7-8-14(15(18)11-12)16(19)22-9-4-10-23(20,21)13-5-2-1-3-6-13/h1-3,5-8,11,18H,4,9-10H2. The van der Waals surface area contributed by atoms with Gasteiger partial charge < -0.3 is 9.84 Å². The molecule has 23 heavy (non-hydrogen) atoms. The highest BCUT2D eigenvalue weighted by atomic mass is 35.5. The van der Waals surface area contributed by atoms with Gasteiger partial charge in [-0.1, -0.05) is 29.8 Å². The highest BCUT2D eigenvalue weighted by Crippen LogP contribution is 2.22. The van der Waals surface area contributed by atoms with Gasteiger partial charge in [-0.3, -0.25) is 0 Å². The molecule has 0 aliphatic carbocycles. The summed E-state index contributed by atoms with van der Waals surface area (Å²) in [6.45, 7) is -0.0625. The van der Waals surface area contributed by atoms with Crippen LogP contribution < -0.4 is 0 Å². The summed E-state index contributed by atoms with van der Waals surface area (Å²) in [5.74, 6) is -1.13. The highest BCUT2D eigenvalue weighted by Gasteiger charge is 2.16. The topological polar surface area (TPSA) is 80.7 Å². The lowest BCUT2D eigenvalue weighted by Gasteiger charge is -2.07. The van der Waals surface area contributed by atoms with Crippen LogP contribution in [0, 0.1) is 0 Å². The summed E-state index contributed by atoms with van der Waals surface area (Å²) in [6, 6.07) is 12.1. The third-order valence-corrected chi connectivity index (χ3v) is 5.12. The first kappa shape index (κ1) is 17.3. The van der Waals surface area contributed by atoms with E-state index in [1.807, 2.05) is 0 Å². The predicted molar refractivity (Wildman–Crippen MR) is 86.5 cm³/mol. The Morgan fingerprint density at radius 3 is 2.48 bits per heavy atom. The molecule has 2 rings (SSSR count). The van der Waals surface area contributed by atoms with E-state index < -0.39 is 15.8 Å². The van der Waals surface area contributed by atoms with Gasteiger partial charge in [0, 0.05) is 5.02 Å². The molecule has 7 heteroatoms. The van der Waals surface area contributed by atoms with E-state index in [9.17, 15) is 18.3 Å². The van der Waals surface area contributed by atoms with Gasteiger partial charge in [0.05, 0.1) is 17.3 Å². The van der Waals surface area contributed by atoms with Crippen LogP contribution in [0.2, 0.25) is 5.02 Å². The number of phenols is 1. The molecule has 0 aromatic heterocycles. The van der Waals surface area contributed by atoms with Crippen LogP contribution in [0.1, 0.15) is 16.8 Å². The molecule has 0 heterocycles. The fourth-order valence-electron chi connectivity index (χ4n) is 1.91. The van der Waals surface area contributed by atoms with Gasteiger partial charge in [-0.25, -0.2) is 13.2 Å². The first-order valence-corrected chi connectivity index (χ1v) is 8.86. The zero-order valence-electron chi connectivity index (χ0n) is 12.1. The molecule has 0 saturated carbocycles. The van der Waals surface area contributed by atoms with Crippen molar-refractivity contribution in [1.29, 1.82) is 0 Å². The Kier molecular flexibility index (Phi) is 5.63. The molecule has 2 aromatic rings. The van der Waals surface area contributed by atoms with Gasteiger partial charge in [-0.05, 0) is 36.8 Å². The van der Waals surface area contributed by atoms with Crippen LogP contribution in [0.3, 0.4) is 0 Å². The van der Waals surface area contributed by atoms with Gasteiger partial charge >= 0.3 is 5.97 Å². The highest BCUT2D eigenvalue weighted by molar-refractivity contribution is 7.91. The van der Waals surface area contributed by atoms with Crippen LogP contribution in [0.25, 0.3) is 0 Å². The van der Waals surface area contributed by atoms with Crippen LogP contribution in [0.4, 0.5) is 0 Å². The van der Waals surface area contributed by atoms with E-state index in [4.69, 9.17) is 16.3 Å². The summed E-state index contributed by atoms with van der Waals surface area (Å²) >= 11 is 5.68. The lowest BCUT2D eigenvalue weighted by molar-refractivity contribution is 0.0502.